The number of H-pyrrole nitrogens is 1. The van der Waals surface area contributed by atoms with Crippen molar-refractivity contribution in [2.45, 2.75) is 45.6 Å². The average molecular weight is 331 g/mol. The van der Waals surface area contributed by atoms with E-state index in [9.17, 15) is 0 Å². The molecule has 1 aromatic rings. The topological polar surface area (TPSA) is 37.9 Å². The maximum atomic E-state index is 5.83. The summed E-state index contributed by atoms with van der Waals surface area (Å²) in [6.07, 6.45) is 3.03. The van der Waals surface area contributed by atoms with Crippen LogP contribution in [0.2, 0.25) is 0 Å². The van der Waals surface area contributed by atoms with E-state index in [2.05, 4.69) is 46.7 Å². The number of aromatic nitrogens is 2. The zero-order valence-corrected chi connectivity index (χ0v) is 13.4. The number of halogens is 1. The van der Waals surface area contributed by atoms with Crippen LogP contribution in [0.25, 0.3) is 0 Å². The average Bonchev–Trinajstić information content (AvgIpc) is 2.72. The molecule has 2 heterocycles. The summed E-state index contributed by atoms with van der Waals surface area (Å²) in [7, 11) is 0. The Morgan fingerprint density at radius 3 is 2.83 bits per heavy atom. The van der Waals surface area contributed by atoms with Gasteiger partial charge in [-0.1, -0.05) is 26.1 Å². The van der Waals surface area contributed by atoms with E-state index in [1.165, 1.54) is 0 Å². The van der Waals surface area contributed by atoms with Gasteiger partial charge in [-0.3, -0.25) is 0 Å². The van der Waals surface area contributed by atoms with E-state index in [0.717, 1.165) is 41.9 Å². The van der Waals surface area contributed by atoms with E-state index in [1.807, 2.05) is 0 Å². The number of hydrogen-bond donors (Lipinski definition) is 1. The number of nitrogens with zero attached hydrogens (tertiary/aromatic N) is 1. The maximum absolute atomic E-state index is 5.83. The lowest BCUT2D eigenvalue weighted by molar-refractivity contribution is 0.00899. The zero-order chi connectivity index (χ0) is 13.3. The van der Waals surface area contributed by atoms with Gasteiger partial charge >= 0.3 is 0 Å². The summed E-state index contributed by atoms with van der Waals surface area (Å²) in [6.45, 7) is 7.27. The molecule has 0 saturated carbocycles. The third-order valence-corrected chi connectivity index (χ3v) is 4.68. The van der Waals surface area contributed by atoms with Crippen LogP contribution >= 0.6 is 28.1 Å². The van der Waals surface area contributed by atoms with E-state index in [4.69, 9.17) is 17.0 Å². The molecule has 0 amide bonds. The van der Waals surface area contributed by atoms with Gasteiger partial charge in [0.05, 0.1) is 4.47 Å². The van der Waals surface area contributed by atoms with Crippen LogP contribution in [0.4, 0.5) is 0 Å². The third kappa shape index (κ3) is 2.83. The number of aromatic amines is 1. The Labute approximate surface area is 121 Å². The first-order valence-corrected chi connectivity index (χ1v) is 7.55. The first-order valence-electron chi connectivity index (χ1n) is 6.35. The Kier molecular flexibility index (Phi) is 4.24. The first kappa shape index (κ1) is 14.2. The summed E-state index contributed by atoms with van der Waals surface area (Å²) in [4.78, 5) is 7.90. The lowest BCUT2D eigenvalue weighted by Crippen LogP contribution is -2.24. The van der Waals surface area contributed by atoms with Crippen molar-refractivity contribution in [2.75, 3.05) is 6.61 Å². The van der Waals surface area contributed by atoms with E-state index in [-0.39, 0.29) is 5.60 Å². The van der Waals surface area contributed by atoms with Crippen LogP contribution in [-0.4, -0.2) is 16.6 Å². The molecule has 0 bridgehead atoms. The third-order valence-electron chi connectivity index (χ3n) is 3.27. The van der Waals surface area contributed by atoms with E-state index in [1.54, 1.807) is 0 Å². The molecule has 100 valence electrons. The molecule has 0 aromatic carbocycles. The van der Waals surface area contributed by atoms with Gasteiger partial charge in [0.15, 0.2) is 0 Å². The van der Waals surface area contributed by atoms with Crippen LogP contribution in [0.5, 0.6) is 0 Å². The van der Waals surface area contributed by atoms with E-state index in [0.29, 0.717) is 10.6 Å². The molecule has 0 radical (unpaired) electrons. The fraction of sp³-hybridized carbons (Fsp3) is 0.692. The van der Waals surface area contributed by atoms with Gasteiger partial charge < -0.3 is 9.72 Å². The van der Waals surface area contributed by atoms with Gasteiger partial charge in [0.1, 0.15) is 16.1 Å². The molecule has 1 aliphatic heterocycles. The Morgan fingerprint density at radius 2 is 2.28 bits per heavy atom. The van der Waals surface area contributed by atoms with Gasteiger partial charge in [-0.15, -0.1) is 0 Å². The minimum atomic E-state index is -0.306. The van der Waals surface area contributed by atoms with Crippen molar-refractivity contribution in [2.24, 2.45) is 5.92 Å². The predicted octanol–water partition coefficient (Wildman–Crippen LogP) is 4.13. The van der Waals surface area contributed by atoms with Crippen molar-refractivity contribution in [3.63, 3.8) is 0 Å². The van der Waals surface area contributed by atoms with Gasteiger partial charge in [-0.25, -0.2) is 4.98 Å². The van der Waals surface area contributed by atoms with Crippen LogP contribution in [-0.2, 0) is 16.8 Å². The van der Waals surface area contributed by atoms with Crippen LogP contribution in [0, 0.1) is 10.6 Å². The normalized spacial score (nSPS) is 23.8. The molecular formula is C13H19BrN2OS. The number of hydrogen-bond acceptors (Lipinski definition) is 3. The fourth-order valence-electron chi connectivity index (χ4n) is 2.27. The highest BCUT2D eigenvalue weighted by atomic mass is 79.9. The lowest BCUT2D eigenvalue weighted by Gasteiger charge is -2.23. The highest BCUT2D eigenvalue weighted by Gasteiger charge is 2.34. The summed E-state index contributed by atoms with van der Waals surface area (Å²) in [5, 5.41) is 0. The largest absolute Gasteiger partial charge is 0.367 e. The molecule has 3 nitrogen and oxygen atoms in total. The van der Waals surface area contributed by atoms with Gasteiger partial charge in [-0.2, -0.15) is 0 Å². The summed E-state index contributed by atoms with van der Waals surface area (Å²) >= 11 is 8.86. The number of ether oxygens (including phenoxy) is 1. The smallest absolute Gasteiger partial charge is 0.144 e. The second kappa shape index (κ2) is 5.39. The quantitative estimate of drug-likeness (QED) is 0.847. The lowest BCUT2D eigenvalue weighted by atomic mass is 10.0. The van der Waals surface area contributed by atoms with Crippen LogP contribution < -0.4 is 0 Å². The molecule has 2 rings (SSSR count). The molecule has 1 aliphatic rings. The van der Waals surface area contributed by atoms with E-state index < -0.39 is 0 Å². The summed E-state index contributed by atoms with van der Waals surface area (Å²) < 4.78 is 7.36. The molecule has 1 saturated heterocycles. The van der Waals surface area contributed by atoms with Crippen LogP contribution in [0.3, 0.4) is 0 Å². The van der Waals surface area contributed by atoms with Crippen LogP contribution in [0.15, 0.2) is 4.47 Å². The summed E-state index contributed by atoms with van der Waals surface area (Å²) in [5.41, 5.74) is 0.816. The van der Waals surface area contributed by atoms with Crippen molar-refractivity contribution < 1.29 is 4.74 Å². The second-order valence-electron chi connectivity index (χ2n) is 5.46. The van der Waals surface area contributed by atoms with Crippen molar-refractivity contribution in [3.8, 4) is 0 Å². The number of rotatable bonds is 3. The molecule has 1 fully saturated rings. The molecular weight excluding hydrogens is 312 g/mol. The summed E-state index contributed by atoms with van der Waals surface area (Å²) in [5.74, 6) is 1.43. The molecule has 1 aromatic heterocycles. The fourth-order valence-corrected chi connectivity index (χ4v) is 2.83. The van der Waals surface area contributed by atoms with Gasteiger partial charge in [0, 0.05) is 12.3 Å². The van der Waals surface area contributed by atoms with Crippen molar-refractivity contribution in [3.05, 3.63) is 20.6 Å². The highest BCUT2D eigenvalue weighted by Crippen LogP contribution is 2.34. The standard InChI is InChI=1S/C13H19BrN2OS/c1-8(2)7-9-10(14)11(18)16-12(15-9)13(3)5-4-6-17-13/h8H,4-7H2,1-3H3,(H,15,16,18). The first-order chi connectivity index (χ1) is 8.42. The minimum absolute atomic E-state index is 0.306. The molecule has 0 aliphatic carbocycles. The zero-order valence-electron chi connectivity index (χ0n) is 11.0. The van der Waals surface area contributed by atoms with Crippen molar-refractivity contribution in [1.29, 1.82) is 0 Å². The van der Waals surface area contributed by atoms with Gasteiger partial charge in [0.2, 0.25) is 0 Å². The van der Waals surface area contributed by atoms with Crippen molar-refractivity contribution in [1.82, 2.24) is 9.97 Å². The second-order valence-corrected chi connectivity index (χ2v) is 6.64. The number of nitrogens with one attached hydrogen (secondary N) is 1. The van der Waals surface area contributed by atoms with Gasteiger partial charge in [0.25, 0.3) is 0 Å². The molecule has 5 heteroatoms. The Balaban J connectivity index is 2.43. The molecule has 1 atom stereocenters. The molecule has 0 spiro atoms. The predicted molar refractivity (Wildman–Crippen MR) is 78.2 cm³/mol. The monoisotopic (exact) mass is 330 g/mol. The highest BCUT2D eigenvalue weighted by molar-refractivity contribution is 9.10. The summed E-state index contributed by atoms with van der Waals surface area (Å²) in [6, 6.07) is 0. The molecule has 18 heavy (non-hydrogen) atoms. The molecule has 1 unspecified atom stereocenters. The van der Waals surface area contributed by atoms with Crippen LogP contribution in [0.1, 0.15) is 45.1 Å². The molecule has 1 N–H and O–H groups in total. The maximum Gasteiger partial charge on any atom is 0.144 e. The van der Waals surface area contributed by atoms with E-state index >= 15 is 0 Å². The Morgan fingerprint density at radius 1 is 1.56 bits per heavy atom. The Hall–Kier alpha value is -0.260. The SMILES string of the molecule is CC(C)Cc1[nH]c(C2(C)CCCO2)nc(=S)c1Br. The minimum Gasteiger partial charge on any atom is -0.367 e. The van der Waals surface area contributed by atoms with Gasteiger partial charge in [-0.05, 0) is 48.0 Å². The van der Waals surface area contributed by atoms with Crippen molar-refractivity contribution >= 4 is 28.1 Å². The Bertz CT molecular complexity index is 492.